The highest BCUT2D eigenvalue weighted by atomic mass is 19.4. The molecule has 1 aliphatic heterocycles. The molecule has 0 aliphatic carbocycles. The molecule has 1 unspecified atom stereocenters. The quantitative estimate of drug-likeness (QED) is 0.747. The van der Waals surface area contributed by atoms with Crippen LogP contribution in [0.25, 0.3) is 0 Å². The third-order valence-electron chi connectivity index (χ3n) is 4.17. The van der Waals surface area contributed by atoms with Crippen molar-refractivity contribution in [3.63, 3.8) is 0 Å². The average molecular weight is 391 g/mol. The zero-order valence-electron chi connectivity index (χ0n) is 15.1. The number of hydrogen-bond donors (Lipinski definition) is 2. The molecule has 1 saturated heterocycles. The second kappa shape index (κ2) is 9.63. The van der Waals surface area contributed by atoms with Crippen LogP contribution in [0.5, 0.6) is 0 Å². The van der Waals surface area contributed by atoms with Crippen LogP contribution in [0.2, 0.25) is 0 Å². The highest BCUT2D eigenvalue weighted by molar-refractivity contribution is 5.79. The van der Waals surface area contributed by atoms with E-state index in [1.165, 1.54) is 6.26 Å². The fourth-order valence-corrected chi connectivity index (χ4v) is 2.77. The summed E-state index contributed by atoms with van der Waals surface area (Å²) >= 11 is 0. The van der Waals surface area contributed by atoms with E-state index in [0.717, 1.165) is 0 Å². The van der Waals surface area contributed by atoms with Crippen LogP contribution in [0.15, 0.2) is 22.8 Å². The lowest BCUT2D eigenvalue weighted by Crippen LogP contribution is -2.49. The van der Waals surface area contributed by atoms with Gasteiger partial charge in [-0.25, -0.2) is 4.79 Å². The van der Waals surface area contributed by atoms with Crippen molar-refractivity contribution >= 4 is 11.9 Å². The van der Waals surface area contributed by atoms with E-state index in [2.05, 4.69) is 15.4 Å². The number of urea groups is 1. The van der Waals surface area contributed by atoms with Gasteiger partial charge >= 0.3 is 12.2 Å². The molecule has 0 radical (unpaired) electrons. The lowest BCUT2D eigenvalue weighted by atomic mass is 9.96. The number of nitrogens with zero attached hydrogens (tertiary/aromatic N) is 1. The first-order valence-electron chi connectivity index (χ1n) is 8.74. The molecule has 3 amide bonds. The molecule has 0 spiro atoms. The number of alkyl halides is 3. The Morgan fingerprint density at radius 2 is 2.07 bits per heavy atom. The Morgan fingerprint density at radius 1 is 1.37 bits per heavy atom. The van der Waals surface area contributed by atoms with Crippen molar-refractivity contribution in [3.8, 4) is 0 Å². The van der Waals surface area contributed by atoms with Gasteiger partial charge in [0.05, 0.1) is 25.5 Å². The molecule has 1 aromatic rings. The van der Waals surface area contributed by atoms with Gasteiger partial charge in [0.15, 0.2) is 0 Å². The summed E-state index contributed by atoms with van der Waals surface area (Å²) in [7, 11) is 0. The van der Waals surface area contributed by atoms with E-state index < -0.39 is 18.8 Å². The molecular weight excluding hydrogens is 367 g/mol. The number of hydrogen-bond acceptors (Lipinski definition) is 4. The van der Waals surface area contributed by atoms with Crippen molar-refractivity contribution < 1.29 is 31.9 Å². The van der Waals surface area contributed by atoms with Crippen LogP contribution in [-0.4, -0.2) is 55.4 Å². The maximum absolute atomic E-state index is 12.2. The summed E-state index contributed by atoms with van der Waals surface area (Å²) < 4.78 is 45.8. The second-order valence-corrected chi connectivity index (χ2v) is 6.54. The van der Waals surface area contributed by atoms with Crippen LogP contribution in [0.1, 0.15) is 25.5 Å². The number of carbonyl (C=O) groups excluding carboxylic acids is 2. The fraction of sp³-hybridized carbons (Fsp3) is 0.647. The fourth-order valence-electron chi connectivity index (χ4n) is 2.77. The number of amides is 3. The Balaban J connectivity index is 1.65. The Hall–Kier alpha value is -2.23. The van der Waals surface area contributed by atoms with Gasteiger partial charge in [-0.1, -0.05) is 0 Å². The van der Waals surface area contributed by atoms with Crippen molar-refractivity contribution in [3.05, 3.63) is 24.2 Å². The maximum Gasteiger partial charge on any atom is 0.411 e. The number of likely N-dealkylation sites (tertiary alicyclic amines) is 1. The van der Waals surface area contributed by atoms with Crippen molar-refractivity contribution in [1.82, 2.24) is 15.5 Å². The van der Waals surface area contributed by atoms with Crippen LogP contribution in [0, 0.1) is 5.92 Å². The Labute approximate surface area is 155 Å². The van der Waals surface area contributed by atoms with Crippen LogP contribution < -0.4 is 10.6 Å². The Kier molecular flexibility index (Phi) is 7.52. The molecule has 1 aliphatic rings. The number of piperidine rings is 1. The molecule has 2 rings (SSSR count). The second-order valence-electron chi connectivity index (χ2n) is 6.54. The predicted molar refractivity (Wildman–Crippen MR) is 89.7 cm³/mol. The molecule has 27 heavy (non-hydrogen) atoms. The number of halogens is 3. The van der Waals surface area contributed by atoms with Gasteiger partial charge in [-0.2, -0.15) is 13.2 Å². The monoisotopic (exact) mass is 391 g/mol. The molecule has 0 saturated carbocycles. The van der Waals surface area contributed by atoms with Gasteiger partial charge in [0.2, 0.25) is 5.91 Å². The number of furan rings is 1. The van der Waals surface area contributed by atoms with E-state index in [1.54, 1.807) is 24.0 Å². The highest BCUT2D eigenvalue weighted by Crippen LogP contribution is 2.18. The molecule has 2 heterocycles. The van der Waals surface area contributed by atoms with Gasteiger partial charge in [0, 0.05) is 19.0 Å². The number of nitrogens with one attached hydrogen (secondary N) is 2. The highest BCUT2D eigenvalue weighted by Gasteiger charge is 2.29. The summed E-state index contributed by atoms with van der Waals surface area (Å²) in [5.41, 5.74) is 0. The van der Waals surface area contributed by atoms with Gasteiger partial charge < -0.3 is 24.7 Å². The lowest BCUT2D eigenvalue weighted by Gasteiger charge is -2.32. The molecule has 1 fully saturated rings. The largest absolute Gasteiger partial charge is 0.467 e. The average Bonchev–Trinajstić information content (AvgIpc) is 3.12. The minimum Gasteiger partial charge on any atom is -0.467 e. The van der Waals surface area contributed by atoms with E-state index in [-0.39, 0.29) is 24.5 Å². The molecule has 0 aromatic carbocycles. The van der Waals surface area contributed by atoms with Gasteiger partial charge in [-0.3, -0.25) is 4.79 Å². The van der Waals surface area contributed by atoms with Crippen LogP contribution >= 0.6 is 0 Å². The number of rotatable bonds is 7. The van der Waals surface area contributed by atoms with E-state index in [9.17, 15) is 22.8 Å². The summed E-state index contributed by atoms with van der Waals surface area (Å²) in [6.07, 6.45) is -1.80. The van der Waals surface area contributed by atoms with Crippen LogP contribution in [-0.2, 0) is 16.1 Å². The van der Waals surface area contributed by atoms with E-state index in [1.807, 2.05) is 0 Å². The lowest BCUT2D eigenvalue weighted by molar-refractivity contribution is -0.174. The summed E-state index contributed by atoms with van der Waals surface area (Å²) in [4.78, 5) is 25.9. The van der Waals surface area contributed by atoms with Crippen LogP contribution in [0.4, 0.5) is 18.0 Å². The van der Waals surface area contributed by atoms with Gasteiger partial charge in [0.25, 0.3) is 0 Å². The van der Waals surface area contributed by atoms with Gasteiger partial charge in [-0.15, -0.1) is 0 Å². The molecule has 7 nitrogen and oxygen atoms in total. The first kappa shape index (κ1) is 21.1. The molecule has 2 N–H and O–H groups in total. The minimum atomic E-state index is -4.39. The first-order valence-corrected chi connectivity index (χ1v) is 8.74. The zero-order valence-corrected chi connectivity index (χ0v) is 15.1. The molecule has 1 atom stereocenters. The molecular formula is C17H24F3N3O4. The molecule has 1 aromatic heterocycles. The van der Waals surface area contributed by atoms with Gasteiger partial charge in [0.1, 0.15) is 12.4 Å². The van der Waals surface area contributed by atoms with E-state index >= 15 is 0 Å². The normalized spacial score (nSPS) is 16.8. The topological polar surface area (TPSA) is 83.8 Å². The molecule has 152 valence electrons. The zero-order chi connectivity index (χ0) is 19.9. The summed E-state index contributed by atoms with van der Waals surface area (Å²) in [6.45, 7) is 1.13. The number of ether oxygens (including phenoxy) is 1. The van der Waals surface area contributed by atoms with Gasteiger partial charge in [-0.05, 0) is 31.9 Å². The van der Waals surface area contributed by atoms with E-state index in [0.29, 0.717) is 38.2 Å². The minimum absolute atomic E-state index is 0.0830. The predicted octanol–water partition coefficient (Wildman–Crippen LogP) is 2.28. The molecule has 0 bridgehead atoms. The third kappa shape index (κ3) is 7.49. The SMILES string of the molecule is CC(COCC(F)(F)F)NC(=O)N1CCC(C(=O)NCc2ccco2)CC1. The van der Waals surface area contributed by atoms with Crippen LogP contribution in [0.3, 0.4) is 0 Å². The van der Waals surface area contributed by atoms with Crippen molar-refractivity contribution in [1.29, 1.82) is 0 Å². The van der Waals surface area contributed by atoms with E-state index in [4.69, 9.17) is 4.42 Å². The summed E-state index contributed by atoms with van der Waals surface area (Å²) in [6, 6.07) is 2.60. The standard InChI is InChI=1S/C17H24F3N3O4/c1-12(10-26-11-17(18,19)20)22-16(25)23-6-4-13(5-7-23)15(24)21-9-14-3-2-8-27-14/h2-3,8,12-13H,4-7,9-11H2,1H3,(H,21,24)(H,22,25). The van der Waals surface area contributed by atoms with Crippen molar-refractivity contribution in [2.75, 3.05) is 26.3 Å². The summed E-state index contributed by atoms with van der Waals surface area (Å²) in [5, 5.41) is 5.41. The first-order chi connectivity index (χ1) is 12.7. The smallest absolute Gasteiger partial charge is 0.411 e. The maximum atomic E-state index is 12.2. The molecule has 10 heteroatoms. The third-order valence-corrected chi connectivity index (χ3v) is 4.17. The summed E-state index contributed by atoms with van der Waals surface area (Å²) in [5.74, 6) is 0.402. The van der Waals surface area contributed by atoms with Crippen molar-refractivity contribution in [2.24, 2.45) is 5.92 Å². The Morgan fingerprint density at radius 3 is 2.67 bits per heavy atom. The number of carbonyl (C=O) groups is 2. The Bertz CT molecular complexity index is 599. The van der Waals surface area contributed by atoms with Crippen molar-refractivity contribution in [2.45, 2.75) is 38.5 Å².